The van der Waals surface area contributed by atoms with E-state index in [1.807, 2.05) is 7.05 Å². The van der Waals surface area contributed by atoms with Crippen molar-refractivity contribution in [1.82, 2.24) is 9.55 Å². The SMILES string of the molecule is Cn1cc(F)c2cnccc21. The van der Waals surface area contributed by atoms with E-state index >= 15 is 0 Å². The molecule has 0 amide bonds. The molecular formula is C8H7FN2. The molecule has 0 unspecified atom stereocenters. The molecule has 0 bridgehead atoms. The Bertz CT molecular complexity index is 356. The van der Waals surface area contributed by atoms with Crippen molar-refractivity contribution in [3.8, 4) is 0 Å². The van der Waals surface area contributed by atoms with E-state index in [0.717, 1.165) is 5.52 Å². The molecule has 0 aliphatic carbocycles. The molecule has 3 heteroatoms. The van der Waals surface area contributed by atoms with Gasteiger partial charge in [0.1, 0.15) is 5.82 Å². The smallest absolute Gasteiger partial charge is 0.150 e. The molecule has 0 aliphatic rings. The van der Waals surface area contributed by atoms with E-state index in [9.17, 15) is 4.39 Å². The molecule has 0 atom stereocenters. The molecule has 2 aromatic rings. The summed E-state index contributed by atoms with van der Waals surface area (Å²) in [5.74, 6) is -0.212. The fourth-order valence-corrected chi connectivity index (χ4v) is 1.19. The number of hydrogen-bond donors (Lipinski definition) is 0. The predicted octanol–water partition coefficient (Wildman–Crippen LogP) is 1.71. The largest absolute Gasteiger partial charge is 0.348 e. The maximum absolute atomic E-state index is 12.9. The van der Waals surface area contributed by atoms with Crippen LogP contribution in [0.5, 0.6) is 0 Å². The summed E-state index contributed by atoms with van der Waals surface area (Å²) in [7, 11) is 1.81. The number of aromatic nitrogens is 2. The average Bonchev–Trinajstić information content (AvgIpc) is 2.30. The Labute approximate surface area is 63.3 Å². The molecule has 11 heavy (non-hydrogen) atoms. The van der Waals surface area contributed by atoms with Crippen LogP contribution < -0.4 is 0 Å². The maximum Gasteiger partial charge on any atom is 0.150 e. The molecular weight excluding hydrogens is 143 g/mol. The van der Waals surface area contributed by atoms with Crippen molar-refractivity contribution in [2.45, 2.75) is 0 Å². The zero-order valence-corrected chi connectivity index (χ0v) is 6.08. The summed E-state index contributed by atoms with van der Waals surface area (Å²) >= 11 is 0. The molecule has 2 aromatic heterocycles. The maximum atomic E-state index is 12.9. The molecule has 2 heterocycles. The molecule has 2 rings (SSSR count). The minimum Gasteiger partial charge on any atom is -0.348 e. The molecule has 0 N–H and O–H groups in total. The van der Waals surface area contributed by atoms with E-state index in [4.69, 9.17) is 0 Å². The van der Waals surface area contributed by atoms with Crippen molar-refractivity contribution in [1.29, 1.82) is 0 Å². The van der Waals surface area contributed by atoms with Crippen molar-refractivity contribution in [2.75, 3.05) is 0 Å². The zero-order valence-electron chi connectivity index (χ0n) is 6.08. The molecule has 0 aliphatic heterocycles. The topological polar surface area (TPSA) is 17.8 Å². The van der Waals surface area contributed by atoms with Gasteiger partial charge in [-0.05, 0) is 6.07 Å². The van der Waals surface area contributed by atoms with Gasteiger partial charge in [-0.2, -0.15) is 0 Å². The molecule has 0 radical (unpaired) electrons. The fourth-order valence-electron chi connectivity index (χ4n) is 1.19. The lowest BCUT2D eigenvalue weighted by molar-refractivity contribution is 0.633. The van der Waals surface area contributed by atoms with Crippen molar-refractivity contribution < 1.29 is 4.39 Å². The van der Waals surface area contributed by atoms with Gasteiger partial charge in [-0.15, -0.1) is 0 Å². The third-order valence-corrected chi connectivity index (χ3v) is 1.74. The van der Waals surface area contributed by atoms with Crippen LogP contribution in [-0.4, -0.2) is 9.55 Å². The highest BCUT2D eigenvalue weighted by Gasteiger charge is 2.03. The fraction of sp³-hybridized carbons (Fsp3) is 0.125. The molecule has 0 saturated carbocycles. The van der Waals surface area contributed by atoms with E-state index < -0.39 is 0 Å². The van der Waals surface area contributed by atoms with Gasteiger partial charge in [0, 0.05) is 25.6 Å². The Kier molecular flexibility index (Phi) is 1.18. The van der Waals surface area contributed by atoms with Crippen LogP contribution in [0.2, 0.25) is 0 Å². The number of pyridine rings is 1. The Morgan fingerprint density at radius 3 is 3.09 bits per heavy atom. The monoisotopic (exact) mass is 150 g/mol. The minimum atomic E-state index is -0.212. The van der Waals surface area contributed by atoms with Gasteiger partial charge in [-0.3, -0.25) is 4.98 Å². The van der Waals surface area contributed by atoms with E-state index in [-0.39, 0.29) is 5.82 Å². The summed E-state index contributed by atoms with van der Waals surface area (Å²) in [5, 5.41) is 0.579. The van der Waals surface area contributed by atoms with Crippen LogP contribution in [0.1, 0.15) is 0 Å². The van der Waals surface area contributed by atoms with Gasteiger partial charge >= 0.3 is 0 Å². The van der Waals surface area contributed by atoms with Crippen molar-refractivity contribution in [3.63, 3.8) is 0 Å². The standard InChI is InChI=1S/C8H7FN2/c1-11-5-7(9)6-4-10-3-2-8(6)11/h2-5H,1H3. The second kappa shape index (κ2) is 2.05. The lowest BCUT2D eigenvalue weighted by atomic mass is 10.3. The van der Waals surface area contributed by atoms with Crippen LogP contribution in [-0.2, 0) is 7.05 Å². The predicted molar refractivity (Wildman–Crippen MR) is 40.7 cm³/mol. The molecule has 0 spiro atoms. The van der Waals surface area contributed by atoms with Crippen LogP contribution >= 0.6 is 0 Å². The quantitative estimate of drug-likeness (QED) is 0.559. The Morgan fingerprint density at radius 2 is 2.36 bits per heavy atom. The van der Waals surface area contributed by atoms with Crippen molar-refractivity contribution in [3.05, 3.63) is 30.5 Å². The molecule has 0 aromatic carbocycles. The van der Waals surface area contributed by atoms with Gasteiger partial charge in [-0.1, -0.05) is 0 Å². The first-order valence-corrected chi connectivity index (χ1v) is 3.33. The Morgan fingerprint density at radius 1 is 1.55 bits per heavy atom. The highest BCUT2D eigenvalue weighted by atomic mass is 19.1. The number of nitrogens with zero attached hydrogens (tertiary/aromatic N) is 2. The molecule has 0 saturated heterocycles. The first kappa shape index (κ1) is 6.34. The Hall–Kier alpha value is -1.38. The molecule has 56 valence electrons. The number of fused-ring (bicyclic) bond motifs is 1. The van der Waals surface area contributed by atoms with Gasteiger partial charge < -0.3 is 4.57 Å². The highest BCUT2D eigenvalue weighted by Crippen LogP contribution is 2.16. The summed E-state index contributed by atoms with van der Waals surface area (Å²) in [6.07, 6.45) is 4.64. The van der Waals surface area contributed by atoms with Crippen LogP contribution in [0.3, 0.4) is 0 Å². The second-order valence-corrected chi connectivity index (χ2v) is 2.48. The van der Waals surface area contributed by atoms with Crippen molar-refractivity contribution >= 4 is 10.9 Å². The summed E-state index contributed by atoms with van der Waals surface area (Å²) < 4.78 is 14.7. The third kappa shape index (κ3) is 0.808. The number of halogens is 1. The molecule has 0 fully saturated rings. The normalized spacial score (nSPS) is 10.7. The van der Waals surface area contributed by atoms with Crippen LogP contribution in [0.4, 0.5) is 4.39 Å². The Balaban J connectivity index is 2.95. The van der Waals surface area contributed by atoms with E-state index in [1.54, 1.807) is 16.8 Å². The molecule has 2 nitrogen and oxygen atoms in total. The lowest BCUT2D eigenvalue weighted by Gasteiger charge is -1.91. The van der Waals surface area contributed by atoms with Crippen LogP contribution in [0, 0.1) is 5.82 Å². The summed E-state index contributed by atoms with van der Waals surface area (Å²) in [6, 6.07) is 1.79. The van der Waals surface area contributed by atoms with E-state index in [1.165, 1.54) is 12.4 Å². The van der Waals surface area contributed by atoms with E-state index in [0.29, 0.717) is 5.39 Å². The number of hydrogen-bond acceptors (Lipinski definition) is 1. The minimum absolute atomic E-state index is 0.212. The van der Waals surface area contributed by atoms with Gasteiger partial charge in [0.05, 0.1) is 10.9 Å². The second-order valence-electron chi connectivity index (χ2n) is 2.48. The number of rotatable bonds is 0. The number of aryl methyl sites for hydroxylation is 1. The summed E-state index contributed by atoms with van der Waals surface area (Å²) in [4.78, 5) is 3.83. The van der Waals surface area contributed by atoms with Crippen LogP contribution in [0.15, 0.2) is 24.7 Å². The van der Waals surface area contributed by atoms with Gasteiger partial charge in [0.25, 0.3) is 0 Å². The summed E-state index contributed by atoms with van der Waals surface area (Å²) in [6.45, 7) is 0. The lowest BCUT2D eigenvalue weighted by Crippen LogP contribution is -1.82. The van der Waals surface area contributed by atoms with Crippen molar-refractivity contribution in [2.24, 2.45) is 7.05 Å². The van der Waals surface area contributed by atoms with Crippen LogP contribution in [0.25, 0.3) is 10.9 Å². The highest BCUT2D eigenvalue weighted by molar-refractivity contribution is 5.79. The summed E-state index contributed by atoms with van der Waals surface area (Å²) in [5.41, 5.74) is 0.873. The zero-order chi connectivity index (χ0) is 7.84. The first-order valence-electron chi connectivity index (χ1n) is 3.33. The van der Waals surface area contributed by atoms with Gasteiger partial charge in [0.2, 0.25) is 0 Å². The van der Waals surface area contributed by atoms with Gasteiger partial charge in [-0.25, -0.2) is 4.39 Å². The average molecular weight is 150 g/mol. The third-order valence-electron chi connectivity index (χ3n) is 1.74. The van der Waals surface area contributed by atoms with E-state index in [2.05, 4.69) is 4.98 Å². The van der Waals surface area contributed by atoms with Gasteiger partial charge in [0.15, 0.2) is 0 Å². The first-order chi connectivity index (χ1) is 5.29.